The number of amides is 1. The lowest BCUT2D eigenvalue weighted by molar-refractivity contribution is -0.140. The number of thioether (sulfide) groups is 1. The third kappa shape index (κ3) is 5.20. The number of carboxylic acids is 1. The Bertz CT molecular complexity index is 1140. The number of rotatable bonds is 7. The van der Waals surface area contributed by atoms with Crippen LogP contribution < -0.4 is 10.5 Å². The predicted octanol–water partition coefficient (Wildman–Crippen LogP) is 3.60. The Morgan fingerprint density at radius 3 is 2.50 bits per heavy atom. The van der Waals surface area contributed by atoms with Crippen LogP contribution in [0.1, 0.15) is 56.7 Å². The number of hydrogen-bond donors (Lipinski definition) is 1. The zero-order valence-corrected chi connectivity index (χ0v) is 21.6. The zero-order chi connectivity index (χ0) is 25.2. The average Bonchev–Trinajstić information content (AvgIpc) is 3.01. The highest BCUT2D eigenvalue weighted by Gasteiger charge is 2.35. The summed E-state index contributed by atoms with van der Waals surface area (Å²) in [5.74, 6) is -0.0532. The van der Waals surface area contributed by atoms with Gasteiger partial charge in [0.2, 0.25) is 0 Å². The summed E-state index contributed by atoms with van der Waals surface area (Å²) in [6.07, 6.45) is 4.43. The molecule has 3 rings (SSSR count). The zero-order valence-electron chi connectivity index (χ0n) is 20.0. The molecule has 2 fully saturated rings. The Balaban J connectivity index is 2.25. The SMILES string of the molecule is CCCCn1c(N2CC(C)CC(C)C2)c(/C=C2/SC(=S)N(CC(=O)O)C2=O)c(C)c(C#N)c1=O. The van der Waals surface area contributed by atoms with E-state index in [1.807, 2.05) is 6.92 Å². The summed E-state index contributed by atoms with van der Waals surface area (Å²) in [5, 5.41) is 18.9. The van der Waals surface area contributed by atoms with Gasteiger partial charge in [0.1, 0.15) is 28.3 Å². The van der Waals surface area contributed by atoms with Crippen molar-refractivity contribution in [3.8, 4) is 6.07 Å². The Morgan fingerprint density at radius 1 is 1.29 bits per heavy atom. The molecule has 10 heteroatoms. The highest BCUT2D eigenvalue weighted by Crippen LogP contribution is 2.37. The highest BCUT2D eigenvalue weighted by molar-refractivity contribution is 8.26. The summed E-state index contributed by atoms with van der Waals surface area (Å²) in [5.41, 5.74) is 0.907. The normalized spacial score (nSPS) is 21.9. The van der Waals surface area contributed by atoms with Gasteiger partial charge >= 0.3 is 5.97 Å². The first-order chi connectivity index (χ1) is 16.1. The number of unbranched alkanes of at least 4 members (excludes halogenated alkanes) is 1. The van der Waals surface area contributed by atoms with Gasteiger partial charge in [0.25, 0.3) is 11.5 Å². The van der Waals surface area contributed by atoms with E-state index in [2.05, 4.69) is 24.8 Å². The van der Waals surface area contributed by atoms with E-state index in [0.717, 1.165) is 54.8 Å². The molecule has 0 aromatic carbocycles. The molecule has 1 amide bonds. The van der Waals surface area contributed by atoms with Crippen molar-refractivity contribution < 1.29 is 14.7 Å². The van der Waals surface area contributed by atoms with E-state index < -0.39 is 18.4 Å². The minimum absolute atomic E-state index is 0.0604. The fraction of sp³-hybridized carbons (Fsp3) is 0.542. The van der Waals surface area contributed by atoms with Gasteiger partial charge in [0, 0.05) is 25.2 Å². The monoisotopic (exact) mass is 502 g/mol. The third-order valence-corrected chi connectivity index (χ3v) is 7.57. The van der Waals surface area contributed by atoms with Crippen molar-refractivity contribution in [2.45, 2.75) is 53.5 Å². The first kappa shape index (κ1) is 26.0. The molecule has 1 aromatic heterocycles. The summed E-state index contributed by atoms with van der Waals surface area (Å²) in [6, 6.07) is 2.06. The molecule has 1 N–H and O–H groups in total. The molecule has 0 radical (unpaired) electrons. The van der Waals surface area contributed by atoms with Gasteiger partial charge < -0.3 is 10.0 Å². The van der Waals surface area contributed by atoms with Gasteiger partial charge in [0.15, 0.2) is 0 Å². The second-order valence-corrected chi connectivity index (χ2v) is 10.8. The maximum absolute atomic E-state index is 13.4. The van der Waals surface area contributed by atoms with Crippen molar-refractivity contribution in [1.29, 1.82) is 5.26 Å². The van der Waals surface area contributed by atoms with Crippen molar-refractivity contribution in [3.63, 3.8) is 0 Å². The molecule has 3 heterocycles. The van der Waals surface area contributed by atoms with E-state index in [-0.39, 0.29) is 15.4 Å². The van der Waals surface area contributed by atoms with Crippen LogP contribution in [0.2, 0.25) is 0 Å². The fourth-order valence-corrected chi connectivity index (χ4v) is 5.98. The van der Waals surface area contributed by atoms with Crippen LogP contribution in [0.4, 0.5) is 5.82 Å². The van der Waals surface area contributed by atoms with Crippen LogP contribution in [0.15, 0.2) is 9.70 Å². The number of anilines is 1. The summed E-state index contributed by atoms with van der Waals surface area (Å²) in [7, 11) is 0. The standard InChI is InChI=1S/C24H30N4O4S2/c1-5-6-7-27-21(26-11-14(2)8-15(3)12-26)17(16(4)18(10-25)22(27)31)9-19-23(32)28(13-20(29)30)24(33)34-19/h9,14-15H,5-8,11-13H2,1-4H3,(H,29,30)/b19-9+. The molecule has 2 aliphatic rings. The van der Waals surface area contributed by atoms with Gasteiger partial charge in [-0.3, -0.25) is 23.9 Å². The largest absolute Gasteiger partial charge is 0.480 e. The lowest BCUT2D eigenvalue weighted by Gasteiger charge is -2.39. The van der Waals surface area contributed by atoms with Gasteiger partial charge in [-0.05, 0) is 43.2 Å². The first-order valence-electron chi connectivity index (χ1n) is 11.5. The minimum Gasteiger partial charge on any atom is -0.480 e. The number of carboxylic acid groups (broad SMARTS) is 1. The van der Waals surface area contributed by atoms with Crippen molar-refractivity contribution in [3.05, 3.63) is 31.9 Å². The molecule has 8 nitrogen and oxygen atoms in total. The van der Waals surface area contributed by atoms with Gasteiger partial charge in [0.05, 0.1) is 4.91 Å². The number of aromatic nitrogens is 1. The molecule has 0 aliphatic carbocycles. The highest BCUT2D eigenvalue weighted by atomic mass is 32.2. The maximum atomic E-state index is 13.4. The average molecular weight is 503 g/mol. The van der Waals surface area contributed by atoms with Crippen molar-refractivity contribution in [2.24, 2.45) is 11.8 Å². The van der Waals surface area contributed by atoms with Gasteiger partial charge in [-0.25, -0.2) is 0 Å². The number of piperidine rings is 1. The Kier molecular flexibility index (Phi) is 8.21. The van der Waals surface area contributed by atoms with E-state index in [1.54, 1.807) is 17.6 Å². The number of pyridine rings is 1. The van der Waals surface area contributed by atoms with Gasteiger partial charge in [-0.2, -0.15) is 5.26 Å². The van der Waals surface area contributed by atoms with Crippen LogP contribution in [-0.2, 0) is 16.1 Å². The van der Waals surface area contributed by atoms with E-state index in [9.17, 15) is 19.6 Å². The van der Waals surface area contributed by atoms with E-state index in [1.165, 1.54) is 0 Å². The lowest BCUT2D eigenvalue weighted by atomic mass is 9.91. The van der Waals surface area contributed by atoms with Crippen LogP contribution in [0.3, 0.4) is 0 Å². The molecule has 0 spiro atoms. The van der Waals surface area contributed by atoms with Gasteiger partial charge in [-0.15, -0.1) is 0 Å². The number of nitrogens with zero attached hydrogens (tertiary/aromatic N) is 4. The predicted molar refractivity (Wildman–Crippen MR) is 138 cm³/mol. The molecule has 0 bridgehead atoms. The number of nitriles is 1. The maximum Gasteiger partial charge on any atom is 0.323 e. The molecule has 1 aromatic rings. The minimum atomic E-state index is -1.15. The number of carbonyl (C=O) groups excluding carboxylic acids is 1. The van der Waals surface area contributed by atoms with Gasteiger partial charge in [-0.1, -0.05) is 51.2 Å². The molecular weight excluding hydrogens is 472 g/mol. The smallest absolute Gasteiger partial charge is 0.323 e. The molecule has 2 atom stereocenters. The van der Waals surface area contributed by atoms with E-state index in [4.69, 9.17) is 17.3 Å². The Hall–Kier alpha value is -2.64. The molecule has 2 aliphatic heterocycles. The number of hydrogen-bond acceptors (Lipinski definition) is 7. The summed E-state index contributed by atoms with van der Waals surface area (Å²) in [4.78, 5) is 41.1. The van der Waals surface area contributed by atoms with Crippen LogP contribution in [0, 0.1) is 30.1 Å². The van der Waals surface area contributed by atoms with E-state index >= 15 is 0 Å². The molecular formula is C24H30N4O4S2. The number of carbonyl (C=O) groups is 2. The molecule has 34 heavy (non-hydrogen) atoms. The van der Waals surface area contributed by atoms with Crippen LogP contribution in [0.25, 0.3) is 6.08 Å². The molecule has 2 saturated heterocycles. The number of aliphatic carboxylic acids is 1. The molecule has 2 unspecified atom stereocenters. The summed E-state index contributed by atoms with van der Waals surface area (Å²) >= 11 is 6.29. The fourth-order valence-electron chi connectivity index (χ4n) is 4.75. The summed E-state index contributed by atoms with van der Waals surface area (Å²) in [6.45, 7) is 9.64. The Labute approximate surface area is 209 Å². The van der Waals surface area contributed by atoms with Crippen molar-refractivity contribution in [1.82, 2.24) is 9.47 Å². The number of thiocarbonyl (C=S) groups is 1. The van der Waals surface area contributed by atoms with Crippen molar-refractivity contribution in [2.75, 3.05) is 24.5 Å². The Morgan fingerprint density at radius 2 is 1.94 bits per heavy atom. The van der Waals surface area contributed by atoms with Crippen LogP contribution in [-0.4, -0.2) is 50.4 Å². The summed E-state index contributed by atoms with van der Waals surface area (Å²) < 4.78 is 1.86. The van der Waals surface area contributed by atoms with Crippen molar-refractivity contribution >= 4 is 52.1 Å². The second-order valence-electron chi connectivity index (χ2n) is 9.17. The van der Waals surface area contributed by atoms with Crippen LogP contribution in [0.5, 0.6) is 0 Å². The second kappa shape index (κ2) is 10.7. The quantitative estimate of drug-likeness (QED) is 0.445. The van der Waals surface area contributed by atoms with Crippen LogP contribution >= 0.6 is 24.0 Å². The molecule has 0 saturated carbocycles. The lowest BCUT2D eigenvalue weighted by Crippen LogP contribution is -2.43. The van der Waals surface area contributed by atoms with E-state index in [0.29, 0.717) is 34.4 Å². The topological polar surface area (TPSA) is 107 Å². The molecule has 182 valence electrons. The first-order valence-corrected chi connectivity index (χ1v) is 12.7. The third-order valence-electron chi connectivity index (χ3n) is 6.19.